The summed E-state index contributed by atoms with van der Waals surface area (Å²) in [5.74, 6) is 0. The van der Waals surface area contributed by atoms with Crippen LogP contribution in [0.2, 0.25) is 0 Å². The number of nitrogens with one attached hydrogen (secondary N) is 1. The van der Waals surface area contributed by atoms with Gasteiger partial charge in [0, 0.05) is 43.3 Å². The van der Waals surface area contributed by atoms with Crippen LogP contribution in [-0.2, 0) is 6.42 Å². The van der Waals surface area contributed by atoms with Gasteiger partial charge in [0.15, 0.2) is 0 Å². The Morgan fingerprint density at radius 2 is 2.12 bits per heavy atom. The zero-order valence-corrected chi connectivity index (χ0v) is 11.2. The number of benzene rings is 1. The molecule has 1 aliphatic rings. The normalized spacial score (nSPS) is 17.2. The van der Waals surface area contributed by atoms with Crippen LogP contribution in [0.3, 0.4) is 0 Å². The second-order valence-electron chi connectivity index (χ2n) is 4.42. The topological polar surface area (TPSA) is 41.3 Å². The molecule has 3 nitrogen and oxygen atoms in total. The number of thioether (sulfide) groups is 1. The lowest BCUT2D eigenvalue weighted by Crippen LogP contribution is -2.44. The summed E-state index contributed by atoms with van der Waals surface area (Å²) in [4.78, 5) is 3.72. The highest BCUT2D eigenvalue weighted by atomic mass is 32.2. The predicted octanol–water partition coefficient (Wildman–Crippen LogP) is 1.44. The van der Waals surface area contributed by atoms with Gasteiger partial charge in [0.2, 0.25) is 0 Å². The first-order chi connectivity index (χ1) is 8.29. The number of anilines is 1. The van der Waals surface area contributed by atoms with Crippen molar-refractivity contribution >= 4 is 17.4 Å². The van der Waals surface area contributed by atoms with Gasteiger partial charge in [-0.25, -0.2) is 0 Å². The Hall–Kier alpha value is -0.710. The Bertz CT molecular complexity index is 362. The summed E-state index contributed by atoms with van der Waals surface area (Å²) >= 11 is 1.72. The van der Waals surface area contributed by atoms with Gasteiger partial charge < -0.3 is 16.0 Å². The molecule has 0 aromatic heterocycles. The number of hydrogen-bond acceptors (Lipinski definition) is 4. The molecule has 1 aromatic carbocycles. The summed E-state index contributed by atoms with van der Waals surface area (Å²) in [7, 11) is 0. The first-order valence-corrected chi connectivity index (χ1v) is 7.37. The molecule has 2 rings (SSSR count). The Morgan fingerprint density at radius 3 is 2.82 bits per heavy atom. The molecule has 1 heterocycles. The molecule has 0 bridgehead atoms. The smallest absolute Gasteiger partial charge is 0.0452 e. The largest absolute Gasteiger partial charge is 0.398 e. The molecule has 4 heteroatoms. The fourth-order valence-corrected chi connectivity index (χ4v) is 2.71. The summed E-state index contributed by atoms with van der Waals surface area (Å²) < 4.78 is 0. The number of hydrogen-bond donors (Lipinski definition) is 2. The fourth-order valence-electron chi connectivity index (χ4n) is 2.13. The lowest BCUT2D eigenvalue weighted by molar-refractivity contribution is 0.244. The number of piperazine rings is 1. The highest BCUT2D eigenvalue weighted by Crippen LogP contribution is 2.24. The van der Waals surface area contributed by atoms with E-state index < -0.39 is 0 Å². The maximum absolute atomic E-state index is 5.90. The van der Waals surface area contributed by atoms with Crippen LogP contribution >= 0.6 is 11.8 Å². The van der Waals surface area contributed by atoms with E-state index in [1.807, 2.05) is 6.07 Å². The monoisotopic (exact) mass is 251 g/mol. The minimum atomic E-state index is 0.892. The second kappa shape index (κ2) is 6.28. The zero-order chi connectivity index (χ0) is 12.1. The van der Waals surface area contributed by atoms with Gasteiger partial charge in [0.05, 0.1) is 0 Å². The van der Waals surface area contributed by atoms with Crippen molar-refractivity contribution in [1.82, 2.24) is 10.2 Å². The Morgan fingerprint density at radius 1 is 1.35 bits per heavy atom. The lowest BCUT2D eigenvalue weighted by Gasteiger charge is -2.27. The molecule has 0 unspecified atom stereocenters. The van der Waals surface area contributed by atoms with E-state index in [9.17, 15) is 0 Å². The molecule has 1 aromatic rings. The van der Waals surface area contributed by atoms with Gasteiger partial charge in [0.1, 0.15) is 0 Å². The molecule has 0 aliphatic carbocycles. The van der Waals surface area contributed by atoms with Crippen molar-refractivity contribution in [2.75, 3.05) is 44.7 Å². The zero-order valence-electron chi connectivity index (χ0n) is 10.4. The van der Waals surface area contributed by atoms with Crippen LogP contribution in [0.1, 0.15) is 5.56 Å². The third kappa shape index (κ3) is 3.63. The van der Waals surface area contributed by atoms with E-state index in [0.717, 1.165) is 31.7 Å². The SMILES string of the molecule is CSc1cc(CCN2CCNCC2)ccc1N. The Labute approximate surface area is 108 Å². The molecular weight excluding hydrogens is 230 g/mol. The van der Waals surface area contributed by atoms with Crippen molar-refractivity contribution in [2.45, 2.75) is 11.3 Å². The summed E-state index contributed by atoms with van der Waals surface area (Å²) in [6.07, 6.45) is 3.19. The van der Waals surface area contributed by atoms with Gasteiger partial charge in [-0.3, -0.25) is 0 Å². The van der Waals surface area contributed by atoms with Crippen LogP contribution in [0.4, 0.5) is 5.69 Å². The molecule has 0 saturated carbocycles. The van der Waals surface area contributed by atoms with Gasteiger partial charge in [0.25, 0.3) is 0 Å². The van der Waals surface area contributed by atoms with Gasteiger partial charge >= 0.3 is 0 Å². The van der Waals surface area contributed by atoms with Crippen LogP contribution in [0.5, 0.6) is 0 Å². The minimum Gasteiger partial charge on any atom is -0.398 e. The number of nitrogen functional groups attached to an aromatic ring is 1. The first-order valence-electron chi connectivity index (χ1n) is 6.15. The van der Waals surface area contributed by atoms with Crippen LogP contribution in [0, 0.1) is 0 Å². The quantitative estimate of drug-likeness (QED) is 0.627. The van der Waals surface area contributed by atoms with E-state index >= 15 is 0 Å². The Balaban J connectivity index is 1.89. The molecule has 1 aliphatic heterocycles. The Kier molecular flexibility index (Phi) is 4.71. The summed E-state index contributed by atoms with van der Waals surface area (Å²) in [6.45, 7) is 5.74. The van der Waals surface area contributed by atoms with Crippen LogP contribution in [0.15, 0.2) is 23.1 Å². The molecular formula is C13H21N3S. The second-order valence-corrected chi connectivity index (χ2v) is 5.27. The predicted molar refractivity (Wildman–Crippen MR) is 75.6 cm³/mol. The first kappa shape index (κ1) is 12.7. The van der Waals surface area contributed by atoms with Crippen molar-refractivity contribution in [3.63, 3.8) is 0 Å². The van der Waals surface area contributed by atoms with Gasteiger partial charge in [-0.05, 0) is 30.4 Å². The molecule has 1 fully saturated rings. The van der Waals surface area contributed by atoms with Crippen molar-refractivity contribution in [3.8, 4) is 0 Å². The van der Waals surface area contributed by atoms with E-state index in [0.29, 0.717) is 0 Å². The average Bonchev–Trinajstić information content (AvgIpc) is 2.39. The van der Waals surface area contributed by atoms with Crippen LogP contribution in [-0.4, -0.2) is 43.9 Å². The molecule has 17 heavy (non-hydrogen) atoms. The molecule has 3 N–H and O–H groups in total. The van der Waals surface area contributed by atoms with E-state index in [2.05, 4.69) is 28.6 Å². The van der Waals surface area contributed by atoms with E-state index in [4.69, 9.17) is 5.73 Å². The van der Waals surface area contributed by atoms with Gasteiger partial charge in [-0.15, -0.1) is 11.8 Å². The molecule has 0 spiro atoms. The minimum absolute atomic E-state index is 0.892. The molecule has 0 atom stereocenters. The number of nitrogens with zero attached hydrogens (tertiary/aromatic N) is 1. The van der Waals surface area contributed by atoms with E-state index in [1.165, 1.54) is 23.5 Å². The highest BCUT2D eigenvalue weighted by molar-refractivity contribution is 7.98. The van der Waals surface area contributed by atoms with Crippen molar-refractivity contribution in [3.05, 3.63) is 23.8 Å². The highest BCUT2D eigenvalue weighted by Gasteiger charge is 2.09. The number of nitrogens with two attached hydrogens (primary N) is 1. The maximum atomic E-state index is 5.90. The van der Waals surface area contributed by atoms with Crippen LogP contribution < -0.4 is 11.1 Å². The van der Waals surface area contributed by atoms with Crippen molar-refractivity contribution < 1.29 is 0 Å². The summed E-state index contributed by atoms with van der Waals surface area (Å²) in [5.41, 5.74) is 8.18. The number of rotatable bonds is 4. The van der Waals surface area contributed by atoms with Gasteiger partial charge in [-0.1, -0.05) is 6.07 Å². The standard InChI is InChI=1S/C13H21N3S/c1-17-13-10-11(2-3-12(13)14)4-7-16-8-5-15-6-9-16/h2-3,10,15H,4-9,14H2,1H3. The van der Waals surface area contributed by atoms with E-state index in [1.54, 1.807) is 11.8 Å². The lowest BCUT2D eigenvalue weighted by atomic mass is 10.1. The van der Waals surface area contributed by atoms with Crippen LogP contribution in [0.25, 0.3) is 0 Å². The molecule has 0 amide bonds. The molecule has 0 radical (unpaired) electrons. The van der Waals surface area contributed by atoms with E-state index in [-0.39, 0.29) is 0 Å². The third-order valence-corrected chi connectivity index (χ3v) is 4.02. The maximum Gasteiger partial charge on any atom is 0.0452 e. The summed E-state index contributed by atoms with van der Waals surface area (Å²) in [6, 6.07) is 6.40. The molecule has 94 valence electrons. The third-order valence-electron chi connectivity index (χ3n) is 3.22. The van der Waals surface area contributed by atoms with Gasteiger partial charge in [-0.2, -0.15) is 0 Å². The van der Waals surface area contributed by atoms with Crippen molar-refractivity contribution in [2.24, 2.45) is 0 Å². The van der Waals surface area contributed by atoms with Crippen molar-refractivity contribution in [1.29, 1.82) is 0 Å². The average molecular weight is 251 g/mol. The summed E-state index contributed by atoms with van der Waals surface area (Å²) in [5, 5.41) is 3.38. The molecule has 1 saturated heterocycles. The fraction of sp³-hybridized carbons (Fsp3) is 0.538.